The van der Waals surface area contributed by atoms with Crippen molar-refractivity contribution in [1.29, 1.82) is 0 Å². The molecule has 0 bridgehead atoms. The second-order valence-electron chi connectivity index (χ2n) is 6.45. The number of para-hydroxylation sites is 1. The Bertz CT molecular complexity index is 819. The van der Waals surface area contributed by atoms with Gasteiger partial charge in [-0.15, -0.1) is 11.8 Å². The molecule has 0 aliphatic carbocycles. The standard InChI is InChI=1S/C20H22N2O2S/c1-12-8-9-13(2)15(10-12)14(3)21-19(23)11-18-20(24)22-16-6-4-5-7-17(16)25-18/h4-10,14,18H,11H2,1-3H3,(H,21,23)(H,22,24). The fourth-order valence-electron chi connectivity index (χ4n) is 3.00. The van der Waals surface area contributed by atoms with E-state index in [4.69, 9.17) is 0 Å². The van der Waals surface area contributed by atoms with Gasteiger partial charge in [-0.05, 0) is 44.0 Å². The van der Waals surface area contributed by atoms with Crippen LogP contribution < -0.4 is 10.6 Å². The van der Waals surface area contributed by atoms with Crippen LogP contribution in [-0.4, -0.2) is 17.1 Å². The number of aryl methyl sites for hydroxylation is 2. The molecule has 0 saturated heterocycles. The molecule has 0 aromatic heterocycles. The number of benzene rings is 2. The normalized spacial score (nSPS) is 17.4. The molecule has 2 N–H and O–H groups in total. The summed E-state index contributed by atoms with van der Waals surface area (Å²) in [6.07, 6.45) is 0.167. The molecule has 4 nitrogen and oxygen atoms in total. The minimum atomic E-state index is -0.402. The molecule has 2 amide bonds. The smallest absolute Gasteiger partial charge is 0.238 e. The van der Waals surface area contributed by atoms with Gasteiger partial charge >= 0.3 is 0 Å². The van der Waals surface area contributed by atoms with Gasteiger partial charge in [0, 0.05) is 11.3 Å². The molecule has 5 heteroatoms. The zero-order valence-corrected chi connectivity index (χ0v) is 15.4. The number of nitrogens with one attached hydrogen (secondary N) is 2. The number of fused-ring (bicyclic) bond motifs is 1. The van der Waals surface area contributed by atoms with Crippen molar-refractivity contribution >= 4 is 29.3 Å². The van der Waals surface area contributed by atoms with E-state index in [2.05, 4.69) is 28.8 Å². The molecule has 2 aromatic rings. The third-order valence-corrected chi connectivity index (χ3v) is 5.63. The Morgan fingerprint density at radius 1 is 1.24 bits per heavy atom. The molecule has 0 radical (unpaired) electrons. The number of rotatable bonds is 4. The van der Waals surface area contributed by atoms with E-state index in [0.29, 0.717) is 0 Å². The fraction of sp³-hybridized carbons (Fsp3) is 0.300. The number of carbonyl (C=O) groups excluding carboxylic acids is 2. The van der Waals surface area contributed by atoms with Gasteiger partial charge in [0.05, 0.1) is 17.0 Å². The van der Waals surface area contributed by atoms with Crippen LogP contribution in [0.3, 0.4) is 0 Å². The molecular weight excluding hydrogens is 332 g/mol. The van der Waals surface area contributed by atoms with Crippen LogP contribution in [0.1, 0.15) is 36.1 Å². The Morgan fingerprint density at radius 2 is 2.00 bits per heavy atom. The molecule has 1 heterocycles. The zero-order chi connectivity index (χ0) is 18.0. The molecule has 0 fully saturated rings. The summed E-state index contributed by atoms with van der Waals surface area (Å²) in [5, 5.41) is 5.50. The Balaban J connectivity index is 1.65. The highest BCUT2D eigenvalue weighted by molar-refractivity contribution is 8.01. The average molecular weight is 354 g/mol. The molecule has 3 rings (SSSR count). The molecule has 1 aliphatic heterocycles. The molecule has 2 unspecified atom stereocenters. The van der Waals surface area contributed by atoms with Crippen LogP contribution >= 0.6 is 11.8 Å². The number of hydrogen-bond donors (Lipinski definition) is 2. The first kappa shape index (κ1) is 17.5. The van der Waals surface area contributed by atoms with Crippen LogP contribution in [-0.2, 0) is 9.59 Å². The van der Waals surface area contributed by atoms with E-state index >= 15 is 0 Å². The summed E-state index contributed by atoms with van der Waals surface area (Å²) in [5.41, 5.74) is 4.25. The van der Waals surface area contributed by atoms with Gasteiger partial charge < -0.3 is 10.6 Å². The largest absolute Gasteiger partial charge is 0.350 e. The van der Waals surface area contributed by atoms with Crippen LogP contribution in [0.5, 0.6) is 0 Å². The first-order valence-electron chi connectivity index (χ1n) is 8.37. The summed E-state index contributed by atoms with van der Waals surface area (Å²) >= 11 is 1.45. The van der Waals surface area contributed by atoms with Crippen molar-refractivity contribution in [3.8, 4) is 0 Å². The highest BCUT2D eigenvalue weighted by Gasteiger charge is 2.29. The summed E-state index contributed by atoms with van der Waals surface area (Å²) in [6.45, 7) is 6.06. The molecule has 2 aromatic carbocycles. The second-order valence-corrected chi connectivity index (χ2v) is 7.69. The van der Waals surface area contributed by atoms with Crippen molar-refractivity contribution < 1.29 is 9.59 Å². The molecule has 0 spiro atoms. The van der Waals surface area contributed by atoms with E-state index in [0.717, 1.165) is 21.7 Å². The topological polar surface area (TPSA) is 58.2 Å². The lowest BCUT2D eigenvalue weighted by Crippen LogP contribution is -2.35. The monoisotopic (exact) mass is 354 g/mol. The third-order valence-electron chi connectivity index (χ3n) is 4.36. The van der Waals surface area contributed by atoms with Crippen molar-refractivity contribution in [3.63, 3.8) is 0 Å². The molecular formula is C20H22N2O2S. The maximum Gasteiger partial charge on any atom is 0.238 e. The molecule has 130 valence electrons. The van der Waals surface area contributed by atoms with Gasteiger partial charge in [0.15, 0.2) is 0 Å². The third kappa shape index (κ3) is 4.04. The van der Waals surface area contributed by atoms with Gasteiger partial charge in [-0.25, -0.2) is 0 Å². The van der Waals surface area contributed by atoms with Gasteiger partial charge in [-0.3, -0.25) is 9.59 Å². The van der Waals surface area contributed by atoms with E-state index in [-0.39, 0.29) is 24.3 Å². The first-order chi connectivity index (χ1) is 11.9. The summed E-state index contributed by atoms with van der Waals surface area (Å²) < 4.78 is 0. The Kier molecular flexibility index (Phi) is 5.13. The maximum absolute atomic E-state index is 12.4. The summed E-state index contributed by atoms with van der Waals surface area (Å²) in [6, 6.07) is 13.8. The number of anilines is 1. The van der Waals surface area contributed by atoms with E-state index < -0.39 is 5.25 Å². The average Bonchev–Trinajstić information content (AvgIpc) is 2.57. The molecule has 0 saturated carbocycles. The number of thioether (sulfide) groups is 1. The SMILES string of the molecule is Cc1ccc(C)c(C(C)NC(=O)CC2Sc3ccccc3NC2=O)c1. The Morgan fingerprint density at radius 3 is 2.80 bits per heavy atom. The predicted molar refractivity (Wildman–Crippen MR) is 102 cm³/mol. The van der Waals surface area contributed by atoms with Crippen molar-refractivity contribution in [2.75, 3.05) is 5.32 Å². The molecule has 1 aliphatic rings. The van der Waals surface area contributed by atoms with Crippen LogP contribution in [0.4, 0.5) is 5.69 Å². The van der Waals surface area contributed by atoms with E-state index in [1.807, 2.05) is 45.0 Å². The van der Waals surface area contributed by atoms with Gasteiger partial charge in [0.2, 0.25) is 11.8 Å². The van der Waals surface area contributed by atoms with E-state index in [9.17, 15) is 9.59 Å². The Labute approximate surface area is 152 Å². The van der Waals surface area contributed by atoms with Crippen molar-refractivity contribution in [2.45, 2.75) is 43.4 Å². The van der Waals surface area contributed by atoms with Gasteiger partial charge in [-0.2, -0.15) is 0 Å². The van der Waals surface area contributed by atoms with Crippen molar-refractivity contribution in [3.05, 3.63) is 59.2 Å². The van der Waals surface area contributed by atoms with Gasteiger partial charge in [0.25, 0.3) is 0 Å². The van der Waals surface area contributed by atoms with Crippen LogP contribution in [0.15, 0.2) is 47.4 Å². The number of hydrogen-bond acceptors (Lipinski definition) is 3. The highest BCUT2D eigenvalue weighted by Crippen LogP contribution is 2.36. The molecule has 25 heavy (non-hydrogen) atoms. The maximum atomic E-state index is 12.4. The lowest BCUT2D eigenvalue weighted by atomic mass is 10.00. The van der Waals surface area contributed by atoms with Crippen LogP contribution in [0.2, 0.25) is 0 Å². The van der Waals surface area contributed by atoms with E-state index in [1.54, 1.807) is 0 Å². The fourth-order valence-corrected chi connectivity index (χ4v) is 4.11. The van der Waals surface area contributed by atoms with Crippen molar-refractivity contribution in [2.24, 2.45) is 0 Å². The minimum absolute atomic E-state index is 0.0867. The quantitative estimate of drug-likeness (QED) is 0.873. The Hall–Kier alpha value is -2.27. The minimum Gasteiger partial charge on any atom is -0.350 e. The second kappa shape index (κ2) is 7.31. The van der Waals surface area contributed by atoms with Crippen LogP contribution in [0.25, 0.3) is 0 Å². The molecule has 2 atom stereocenters. The summed E-state index contributed by atoms with van der Waals surface area (Å²) in [4.78, 5) is 25.7. The number of carbonyl (C=O) groups is 2. The highest BCUT2D eigenvalue weighted by atomic mass is 32.2. The summed E-state index contributed by atoms with van der Waals surface area (Å²) in [5.74, 6) is -0.223. The van der Waals surface area contributed by atoms with Crippen molar-refractivity contribution in [1.82, 2.24) is 5.32 Å². The van der Waals surface area contributed by atoms with Crippen LogP contribution in [0, 0.1) is 13.8 Å². The first-order valence-corrected chi connectivity index (χ1v) is 9.25. The number of amides is 2. The van der Waals surface area contributed by atoms with Gasteiger partial charge in [-0.1, -0.05) is 35.9 Å². The lowest BCUT2D eigenvalue weighted by Gasteiger charge is -2.24. The zero-order valence-electron chi connectivity index (χ0n) is 14.6. The van der Waals surface area contributed by atoms with Gasteiger partial charge in [0.1, 0.15) is 0 Å². The lowest BCUT2D eigenvalue weighted by molar-refractivity contribution is -0.124. The predicted octanol–water partition coefficient (Wildman–Crippen LogP) is 3.98. The summed E-state index contributed by atoms with van der Waals surface area (Å²) in [7, 11) is 0. The van der Waals surface area contributed by atoms with E-state index in [1.165, 1.54) is 17.3 Å².